The first-order valence-electron chi connectivity index (χ1n) is 6.31. The Morgan fingerprint density at radius 3 is 2.68 bits per heavy atom. The van der Waals surface area contributed by atoms with Gasteiger partial charge >= 0.3 is 0 Å². The summed E-state index contributed by atoms with van der Waals surface area (Å²) in [7, 11) is 0. The number of benzene rings is 1. The van der Waals surface area contributed by atoms with Gasteiger partial charge in [-0.25, -0.2) is 4.98 Å². The van der Waals surface area contributed by atoms with Gasteiger partial charge in [-0.15, -0.1) is 11.3 Å². The van der Waals surface area contributed by atoms with E-state index in [0.29, 0.717) is 0 Å². The van der Waals surface area contributed by atoms with Crippen molar-refractivity contribution in [1.29, 1.82) is 0 Å². The molecule has 1 aromatic heterocycles. The summed E-state index contributed by atoms with van der Waals surface area (Å²) in [5.41, 5.74) is 3.64. The number of nitrogens with one attached hydrogen (secondary N) is 1. The first-order valence-corrected chi connectivity index (χ1v) is 7.98. The molecule has 1 N–H and O–H groups in total. The molecule has 102 valence electrons. The van der Waals surface area contributed by atoms with Crippen molar-refractivity contribution in [3.05, 3.63) is 44.3 Å². The number of nitrogens with zero attached hydrogens (tertiary/aromatic N) is 1. The molecule has 0 fully saturated rings. The number of anilines is 1. The van der Waals surface area contributed by atoms with Crippen LogP contribution in [0.5, 0.6) is 0 Å². The molecule has 2 nitrogen and oxygen atoms in total. The van der Waals surface area contributed by atoms with Crippen LogP contribution in [0.25, 0.3) is 0 Å². The molecular formula is C15H19BrN2S. The zero-order valence-electron chi connectivity index (χ0n) is 11.7. The molecule has 19 heavy (non-hydrogen) atoms. The minimum Gasteiger partial charge on any atom is -0.379 e. The fraction of sp³-hybridized carbons (Fsp3) is 0.400. The normalized spacial score (nSPS) is 11.6. The van der Waals surface area contributed by atoms with Crippen molar-refractivity contribution in [2.24, 2.45) is 0 Å². The van der Waals surface area contributed by atoms with Gasteiger partial charge in [0.15, 0.2) is 0 Å². The average molecular weight is 339 g/mol. The standard InChI is InChI=1S/C15H19BrN2S/c1-10-5-6-11(16)7-13(10)17-8-12-9-19-14(18-12)15(2,3)4/h5-7,9,17H,8H2,1-4H3. The van der Waals surface area contributed by atoms with Gasteiger partial charge in [0.1, 0.15) is 0 Å². The summed E-state index contributed by atoms with van der Waals surface area (Å²) in [4.78, 5) is 4.69. The van der Waals surface area contributed by atoms with Gasteiger partial charge in [0.05, 0.1) is 17.2 Å². The van der Waals surface area contributed by atoms with Gasteiger partial charge in [0.2, 0.25) is 0 Å². The van der Waals surface area contributed by atoms with E-state index in [1.54, 1.807) is 11.3 Å². The van der Waals surface area contributed by atoms with Crippen molar-refractivity contribution in [3.8, 4) is 0 Å². The number of aromatic nitrogens is 1. The maximum Gasteiger partial charge on any atom is 0.0982 e. The Morgan fingerprint density at radius 2 is 2.05 bits per heavy atom. The second-order valence-corrected chi connectivity index (χ2v) is 7.48. The smallest absolute Gasteiger partial charge is 0.0982 e. The van der Waals surface area contributed by atoms with Gasteiger partial charge in [-0.2, -0.15) is 0 Å². The monoisotopic (exact) mass is 338 g/mol. The molecule has 0 saturated heterocycles. The first-order chi connectivity index (χ1) is 8.86. The number of halogens is 1. The summed E-state index contributed by atoms with van der Waals surface area (Å²) in [5.74, 6) is 0. The van der Waals surface area contributed by atoms with Gasteiger partial charge in [-0.3, -0.25) is 0 Å². The van der Waals surface area contributed by atoms with Crippen molar-refractivity contribution in [2.75, 3.05) is 5.32 Å². The molecule has 0 bridgehead atoms. The Bertz CT molecular complexity index is 570. The lowest BCUT2D eigenvalue weighted by molar-refractivity contribution is 0.583. The molecule has 0 radical (unpaired) electrons. The van der Waals surface area contributed by atoms with Crippen molar-refractivity contribution < 1.29 is 0 Å². The molecule has 0 aliphatic rings. The van der Waals surface area contributed by atoms with Crippen molar-refractivity contribution >= 4 is 33.0 Å². The summed E-state index contributed by atoms with van der Waals surface area (Å²) in [5, 5.41) is 6.78. The zero-order chi connectivity index (χ0) is 14.0. The highest BCUT2D eigenvalue weighted by molar-refractivity contribution is 9.10. The summed E-state index contributed by atoms with van der Waals surface area (Å²) >= 11 is 5.24. The van der Waals surface area contributed by atoms with Crippen molar-refractivity contribution in [1.82, 2.24) is 4.98 Å². The van der Waals surface area contributed by atoms with E-state index in [0.717, 1.165) is 22.4 Å². The summed E-state index contributed by atoms with van der Waals surface area (Å²) < 4.78 is 1.09. The van der Waals surface area contributed by atoms with Gasteiger partial charge in [0, 0.05) is 21.0 Å². The largest absolute Gasteiger partial charge is 0.379 e. The van der Waals surface area contributed by atoms with Crippen molar-refractivity contribution in [2.45, 2.75) is 39.7 Å². The molecule has 1 heterocycles. The lowest BCUT2D eigenvalue weighted by atomic mass is 9.98. The molecule has 2 aromatic rings. The van der Waals surface area contributed by atoms with E-state index in [4.69, 9.17) is 4.98 Å². The van der Waals surface area contributed by atoms with Crippen LogP contribution in [-0.2, 0) is 12.0 Å². The summed E-state index contributed by atoms with van der Waals surface area (Å²) in [6.07, 6.45) is 0. The number of aryl methyl sites for hydroxylation is 1. The molecule has 0 spiro atoms. The molecule has 0 aliphatic heterocycles. The fourth-order valence-corrected chi connectivity index (χ4v) is 2.97. The lowest BCUT2D eigenvalue weighted by Gasteiger charge is -2.13. The van der Waals surface area contributed by atoms with E-state index >= 15 is 0 Å². The molecule has 2 rings (SSSR count). The summed E-state index contributed by atoms with van der Waals surface area (Å²) in [6.45, 7) is 9.46. The number of hydrogen-bond acceptors (Lipinski definition) is 3. The predicted molar refractivity (Wildman–Crippen MR) is 87.0 cm³/mol. The predicted octanol–water partition coefficient (Wildman–Crippen LogP) is 5.12. The molecule has 0 saturated carbocycles. The minimum atomic E-state index is 0.134. The zero-order valence-corrected chi connectivity index (χ0v) is 14.2. The minimum absolute atomic E-state index is 0.134. The molecular weight excluding hydrogens is 320 g/mol. The molecule has 0 atom stereocenters. The summed E-state index contributed by atoms with van der Waals surface area (Å²) in [6, 6.07) is 6.27. The third kappa shape index (κ3) is 3.80. The van der Waals surface area contributed by atoms with E-state index in [2.05, 4.69) is 72.5 Å². The Labute approximate surface area is 127 Å². The second kappa shape index (κ2) is 5.63. The second-order valence-electron chi connectivity index (χ2n) is 5.71. The van der Waals surface area contributed by atoms with E-state index in [1.165, 1.54) is 10.6 Å². The lowest BCUT2D eigenvalue weighted by Crippen LogP contribution is -2.11. The maximum atomic E-state index is 4.69. The highest BCUT2D eigenvalue weighted by Crippen LogP contribution is 2.26. The van der Waals surface area contributed by atoms with Crippen LogP contribution in [0.1, 0.15) is 37.0 Å². The Kier molecular flexibility index (Phi) is 4.31. The van der Waals surface area contributed by atoms with Crippen LogP contribution in [-0.4, -0.2) is 4.98 Å². The number of hydrogen-bond donors (Lipinski definition) is 1. The van der Waals surface area contributed by atoms with Gasteiger partial charge in [-0.05, 0) is 24.6 Å². The molecule has 0 unspecified atom stereocenters. The van der Waals surface area contributed by atoms with Crippen LogP contribution in [0.3, 0.4) is 0 Å². The Morgan fingerprint density at radius 1 is 1.32 bits per heavy atom. The van der Waals surface area contributed by atoms with Gasteiger partial charge in [-0.1, -0.05) is 42.8 Å². The highest BCUT2D eigenvalue weighted by atomic mass is 79.9. The van der Waals surface area contributed by atoms with Crippen molar-refractivity contribution in [3.63, 3.8) is 0 Å². The molecule has 0 amide bonds. The van der Waals surface area contributed by atoms with Crippen LogP contribution in [0, 0.1) is 6.92 Å². The topological polar surface area (TPSA) is 24.9 Å². The fourth-order valence-electron chi connectivity index (χ4n) is 1.70. The van der Waals surface area contributed by atoms with Crippen LogP contribution >= 0.6 is 27.3 Å². The third-order valence-electron chi connectivity index (χ3n) is 2.85. The Hall–Kier alpha value is -0.870. The SMILES string of the molecule is Cc1ccc(Br)cc1NCc1csc(C(C)(C)C)n1. The van der Waals surface area contributed by atoms with Crippen LogP contribution in [0.15, 0.2) is 28.1 Å². The van der Waals surface area contributed by atoms with E-state index in [-0.39, 0.29) is 5.41 Å². The van der Waals surface area contributed by atoms with E-state index in [1.807, 2.05) is 0 Å². The van der Waals surface area contributed by atoms with E-state index < -0.39 is 0 Å². The molecule has 1 aromatic carbocycles. The van der Waals surface area contributed by atoms with Crippen LogP contribution in [0.4, 0.5) is 5.69 Å². The third-order valence-corrected chi connectivity index (χ3v) is 4.66. The highest BCUT2D eigenvalue weighted by Gasteiger charge is 2.17. The van der Waals surface area contributed by atoms with Gasteiger partial charge in [0.25, 0.3) is 0 Å². The quantitative estimate of drug-likeness (QED) is 0.839. The molecule has 4 heteroatoms. The Balaban J connectivity index is 2.06. The van der Waals surface area contributed by atoms with Gasteiger partial charge < -0.3 is 5.32 Å². The maximum absolute atomic E-state index is 4.69. The number of thiazole rings is 1. The molecule has 0 aliphatic carbocycles. The van der Waals surface area contributed by atoms with E-state index in [9.17, 15) is 0 Å². The first kappa shape index (κ1) is 14.5. The van der Waals surface area contributed by atoms with Crippen LogP contribution in [0.2, 0.25) is 0 Å². The van der Waals surface area contributed by atoms with Crippen LogP contribution < -0.4 is 5.32 Å². The number of rotatable bonds is 3. The average Bonchev–Trinajstić information content (AvgIpc) is 2.79.